The first-order valence-electron chi connectivity index (χ1n) is 6.06. The molecular weight excluding hydrogens is 190 g/mol. The molecule has 1 unspecified atom stereocenters. The Bertz CT molecular complexity index is 196. The van der Waals surface area contributed by atoms with Crippen LogP contribution < -0.4 is 5.73 Å². The molecule has 2 rings (SSSR count). The van der Waals surface area contributed by atoms with Gasteiger partial charge in [0.25, 0.3) is 0 Å². The normalized spacial score (nSPS) is 34.8. The van der Waals surface area contributed by atoms with Gasteiger partial charge in [0, 0.05) is 39.3 Å². The second-order valence-corrected chi connectivity index (χ2v) is 4.65. The summed E-state index contributed by atoms with van der Waals surface area (Å²) in [5, 5.41) is 0. The van der Waals surface area contributed by atoms with Crippen LogP contribution in [0.1, 0.15) is 13.3 Å². The maximum atomic E-state index is 5.93. The lowest BCUT2D eigenvalue weighted by atomic mass is 9.95. The third-order valence-corrected chi connectivity index (χ3v) is 3.95. The van der Waals surface area contributed by atoms with E-state index in [2.05, 4.69) is 16.7 Å². The predicted octanol–water partition coefficient (Wildman–Crippen LogP) is -0.258. The van der Waals surface area contributed by atoms with Crippen molar-refractivity contribution in [2.24, 2.45) is 5.73 Å². The average Bonchev–Trinajstić information content (AvgIpc) is 2.79. The molecule has 4 nitrogen and oxygen atoms in total. The highest BCUT2D eigenvalue weighted by molar-refractivity contribution is 4.96. The summed E-state index contributed by atoms with van der Waals surface area (Å²) in [5.74, 6) is 0. The molecule has 0 spiro atoms. The van der Waals surface area contributed by atoms with Gasteiger partial charge in [-0.25, -0.2) is 0 Å². The largest absolute Gasteiger partial charge is 0.379 e. The zero-order chi connectivity index (χ0) is 10.7. The van der Waals surface area contributed by atoms with Gasteiger partial charge < -0.3 is 15.4 Å². The standard InChI is InChI=1S/C11H23N3O/c1-2-13-4-6-14(7-5-13)11(9-12)3-8-15-10-11/h2-10,12H2,1H3. The van der Waals surface area contributed by atoms with Gasteiger partial charge in [-0.1, -0.05) is 6.92 Å². The van der Waals surface area contributed by atoms with Crippen LogP contribution in [0, 0.1) is 0 Å². The highest BCUT2D eigenvalue weighted by Crippen LogP contribution is 2.26. The molecule has 0 bridgehead atoms. The molecule has 2 heterocycles. The Kier molecular flexibility index (Phi) is 3.61. The Hall–Kier alpha value is -0.160. The Labute approximate surface area is 92.4 Å². The van der Waals surface area contributed by atoms with E-state index >= 15 is 0 Å². The zero-order valence-electron chi connectivity index (χ0n) is 9.74. The number of piperazine rings is 1. The van der Waals surface area contributed by atoms with E-state index in [1.807, 2.05) is 0 Å². The van der Waals surface area contributed by atoms with E-state index in [1.165, 1.54) is 19.6 Å². The van der Waals surface area contributed by atoms with Crippen LogP contribution in [0.15, 0.2) is 0 Å². The molecule has 2 aliphatic rings. The molecule has 0 aliphatic carbocycles. The molecule has 1 atom stereocenters. The molecule has 0 amide bonds. The van der Waals surface area contributed by atoms with E-state index in [-0.39, 0.29) is 5.54 Å². The maximum absolute atomic E-state index is 5.93. The Morgan fingerprint density at radius 3 is 2.47 bits per heavy atom. The van der Waals surface area contributed by atoms with Gasteiger partial charge in [0.05, 0.1) is 12.1 Å². The summed E-state index contributed by atoms with van der Waals surface area (Å²) in [7, 11) is 0. The van der Waals surface area contributed by atoms with Crippen molar-refractivity contribution in [3.63, 3.8) is 0 Å². The number of hydrogen-bond donors (Lipinski definition) is 1. The summed E-state index contributed by atoms with van der Waals surface area (Å²) in [6.07, 6.45) is 1.11. The number of ether oxygens (including phenoxy) is 1. The van der Waals surface area contributed by atoms with E-state index in [4.69, 9.17) is 10.5 Å². The first-order chi connectivity index (χ1) is 7.30. The Balaban J connectivity index is 1.93. The van der Waals surface area contributed by atoms with E-state index in [9.17, 15) is 0 Å². The maximum Gasteiger partial charge on any atom is 0.0663 e. The van der Waals surface area contributed by atoms with E-state index < -0.39 is 0 Å². The first-order valence-corrected chi connectivity index (χ1v) is 6.06. The minimum absolute atomic E-state index is 0.153. The number of nitrogens with two attached hydrogens (primary N) is 1. The lowest BCUT2D eigenvalue weighted by molar-refractivity contribution is 0.0289. The summed E-state index contributed by atoms with van der Waals surface area (Å²) in [4.78, 5) is 5.04. The fourth-order valence-corrected chi connectivity index (χ4v) is 2.67. The number of rotatable bonds is 3. The van der Waals surface area contributed by atoms with Crippen LogP contribution >= 0.6 is 0 Å². The first kappa shape index (κ1) is 11.3. The quantitative estimate of drug-likeness (QED) is 0.701. The van der Waals surface area contributed by atoms with E-state index in [0.717, 1.165) is 39.3 Å². The van der Waals surface area contributed by atoms with Gasteiger partial charge in [0.2, 0.25) is 0 Å². The molecule has 4 heteroatoms. The summed E-state index contributed by atoms with van der Waals surface area (Å²) in [5.41, 5.74) is 6.08. The van der Waals surface area contributed by atoms with Crippen LogP contribution in [0.5, 0.6) is 0 Å². The van der Waals surface area contributed by atoms with Crippen molar-refractivity contribution in [1.29, 1.82) is 0 Å². The van der Waals surface area contributed by atoms with Crippen molar-refractivity contribution in [2.75, 3.05) is 52.5 Å². The van der Waals surface area contributed by atoms with E-state index in [0.29, 0.717) is 0 Å². The van der Waals surface area contributed by atoms with Crippen LogP contribution in [0.3, 0.4) is 0 Å². The van der Waals surface area contributed by atoms with Gasteiger partial charge in [-0.15, -0.1) is 0 Å². The van der Waals surface area contributed by atoms with E-state index in [1.54, 1.807) is 0 Å². The molecule has 0 aromatic heterocycles. The van der Waals surface area contributed by atoms with Gasteiger partial charge in [0.1, 0.15) is 0 Å². The molecule has 2 fully saturated rings. The van der Waals surface area contributed by atoms with Crippen LogP contribution in [0.25, 0.3) is 0 Å². The van der Waals surface area contributed by atoms with Crippen molar-refractivity contribution in [2.45, 2.75) is 18.9 Å². The van der Waals surface area contributed by atoms with Crippen LogP contribution in [0.2, 0.25) is 0 Å². The molecule has 88 valence electrons. The zero-order valence-corrected chi connectivity index (χ0v) is 9.74. The molecule has 2 saturated heterocycles. The van der Waals surface area contributed by atoms with Crippen molar-refractivity contribution < 1.29 is 4.74 Å². The van der Waals surface area contributed by atoms with Gasteiger partial charge in [0.15, 0.2) is 0 Å². The fourth-order valence-electron chi connectivity index (χ4n) is 2.67. The van der Waals surface area contributed by atoms with Gasteiger partial charge >= 0.3 is 0 Å². The van der Waals surface area contributed by atoms with Crippen LogP contribution in [0.4, 0.5) is 0 Å². The summed E-state index contributed by atoms with van der Waals surface area (Å²) in [6.45, 7) is 10.5. The second kappa shape index (κ2) is 4.78. The smallest absolute Gasteiger partial charge is 0.0663 e. The molecule has 0 radical (unpaired) electrons. The van der Waals surface area contributed by atoms with Crippen molar-refractivity contribution >= 4 is 0 Å². The minimum Gasteiger partial charge on any atom is -0.379 e. The third-order valence-electron chi connectivity index (χ3n) is 3.95. The molecule has 0 aromatic rings. The molecule has 0 aromatic carbocycles. The average molecular weight is 213 g/mol. The molecule has 0 saturated carbocycles. The lowest BCUT2D eigenvalue weighted by Gasteiger charge is -2.44. The minimum atomic E-state index is 0.153. The summed E-state index contributed by atoms with van der Waals surface area (Å²) >= 11 is 0. The Morgan fingerprint density at radius 2 is 2.00 bits per heavy atom. The number of nitrogens with zero attached hydrogens (tertiary/aromatic N) is 2. The molecular formula is C11H23N3O. The second-order valence-electron chi connectivity index (χ2n) is 4.65. The fraction of sp³-hybridized carbons (Fsp3) is 1.00. The monoisotopic (exact) mass is 213 g/mol. The molecule has 2 aliphatic heterocycles. The summed E-state index contributed by atoms with van der Waals surface area (Å²) in [6, 6.07) is 0. The lowest BCUT2D eigenvalue weighted by Crippen LogP contribution is -2.60. The number of hydrogen-bond acceptors (Lipinski definition) is 4. The van der Waals surface area contributed by atoms with Crippen LogP contribution in [-0.2, 0) is 4.74 Å². The van der Waals surface area contributed by atoms with Gasteiger partial charge in [-0.3, -0.25) is 4.90 Å². The highest BCUT2D eigenvalue weighted by atomic mass is 16.5. The molecule has 2 N–H and O–H groups in total. The van der Waals surface area contributed by atoms with Gasteiger partial charge in [-0.2, -0.15) is 0 Å². The summed E-state index contributed by atoms with van der Waals surface area (Å²) < 4.78 is 5.52. The van der Waals surface area contributed by atoms with Gasteiger partial charge in [-0.05, 0) is 13.0 Å². The SMILES string of the molecule is CCN1CCN(C2(CN)CCOC2)CC1. The Morgan fingerprint density at radius 1 is 1.27 bits per heavy atom. The van der Waals surface area contributed by atoms with Crippen molar-refractivity contribution in [1.82, 2.24) is 9.80 Å². The third kappa shape index (κ3) is 2.18. The number of likely N-dealkylation sites (N-methyl/N-ethyl adjacent to an activating group) is 1. The molecule has 15 heavy (non-hydrogen) atoms. The highest BCUT2D eigenvalue weighted by Gasteiger charge is 2.40. The van der Waals surface area contributed by atoms with Crippen molar-refractivity contribution in [3.05, 3.63) is 0 Å². The van der Waals surface area contributed by atoms with Crippen molar-refractivity contribution in [3.8, 4) is 0 Å². The predicted molar refractivity (Wildman–Crippen MR) is 60.9 cm³/mol. The van der Waals surface area contributed by atoms with Crippen LogP contribution in [-0.4, -0.2) is 67.8 Å². The topological polar surface area (TPSA) is 41.7 Å².